The summed E-state index contributed by atoms with van der Waals surface area (Å²) in [5.74, 6) is 0.390. The fourth-order valence-corrected chi connectivity index (χ4v) is 2.77. The molecular weight excluding hydrogens is 265 g/mol. The standard InChI is InChI=1S/C16H24BNO3/c1-15(2)16(3,4)21-17(20-15)14-9-5-8-13(18-14)12-7-6-10-19-11-12/h5,8-9,12H,6-7,10-11H2,1-4H3. The predicted molar refractivity (Wildman–Crippen MR) is 82.7 cm³/mol. The number of aromatic nitrogens is 1. The lowest BCUT2D eigenvalue weighted by molar-refractivity contribution is 0.00578. The van der Waals surface area contributed by atoms with Gasteiger partial charge in [0.1, 0.15) is 0 Å². The molecule has 0 saturated carbocycles. The number of rotatable bonds is 2. The van der Waals surface area contributed by atoms with Crippen molar-refractivity contribution in [3.8, 4) is 0 Å². The summed E-state index contributed by atoms with van der Waals surface area (Å²) >= 11 is 0. The molecule has 114 valence electrons. The molecule has 21 heavy (non-hydrogen) atoms. The van der Waals surface area contributed by atoms with Crippen LogP contribution in [-0.4, -0.2) is 36.5 Å². The Bertz CT molecular complexity index is 496. The van der Waals surface area contributed by atoms with Crippen LogP contribution in [0.2, 0.25) is 0 Å². The molecule has 2 fully saturated rings. The lowest BCUT2D eigenvalue weighted by atomic mass is 9.83. The van der Waals surface area contributed by atoms with Crippen LogP contribution in [0, 0.1) is 0 Å². The molecule has 2 aliphatic heterocycles. The number of pyridine rings is 1. The number of hydrogen-bond acceptors (Lipinski definition) is 4. The highest BCUT2D eigenvalue weighted by Gasteiger charge is 2.52. The molecular formula is C16H24BNO3. The molecule has 5 heteroatoms. The van der Waals surface area contributed by atoms with Crippen molar-refractivity contribution in [1.29, 1.82) is 0 Å². The molecule has 0 bridgehead atoms. The van der Waals surface area contributed by atoms with E-state index in [0.29, 0.717) is 5.92 Å². The van der Waals surface area contributed by atoms with Crippen LogP contribution >= 0.6 is 0 Å². The average molecular weight is 289 g/mol. The second-order valence-electron chi connectivity index (χ2n) is 6.99. The van der Waals surface area contributed by atoms with Crippen molar-refractivity contribution in [2.75, 3.05) is 13.2 Å². The molecule has 0 radical (unpaired) electrons. The first kappa shape index (κ1) is 15.0. The van der Waals surface area contributed by atoms with E-state index in [1.165, 1.54) is 0 Å². The zero-order chi connectivity index (χ0) is 15.1. The van der Waals surface area contributed by atoms with Crippen molar-refractivity contribution in [1.82, 2.24) is 4.98 Å². The van der Waals surface area contributed by atoms with E-state index in [-0.39, 0.29) is 18.3 Å². The van der Waals surface area contributed by atoms with Crippen LogP contribution < -0.4 is 5.59 Å². The first-order valence-corrected chi connectivity index (χ1v) is 7.79. The average Bonchev–Trinajstić information content (AvgIpc) is 2.69. The summed E-state index contributed by atoms with van der Waals surface area (Å²) in [7, 11) is -0.389. The maximum absolute atomic E-state index is 6.08. The van der Waals surface area contributed by atoms with Crippen molar-refractivity contribution in [2.45, 2.75) is 57.7 Å². The lowest BCUT2D eigenvalue weighted by Crippen LogP contribution is -2.41. The van der Waals surface area contributed by atoms with E-state index in [2.05, 4.69) is 33.8 Å². The van der Waals surface area contributed by atoms with Gasteiger partial charge in [0.25, 0.3) is 0 Å². The molecule has 4 nitrogen and oxygen atoms in total. The van der Waals surface area contributed by atoms with Crippen LogP contribution in [0.1, 0.15) is 52.1 Å². The van der Waals surface area contributed by atoms with Crippen molar-refractivity contribution in [3.63, 3.8) is 0 Å². The quantitative estimate of drug-likeness (QED) is 0.783. The molecule has 1 aromatic rings. The van der Waals surface area contributed by atoms with Crippen molar-refractivity contribution < 1.29 is 14.0 Å². The van der Waals surface area contributed by atoms with Crippen LogP contribution in [0.4, 0.5) is 0 Å². The summed E-state index contributed by atoms with van der Waals surface area (Å²) in [6.07, 6.45) is 2.24. The van der Waals surface area contributed by atoms with Gasteiger partial charge in [-0.25, -0.2) is 0 Å². The van der Waals surface area contributed by atoms with Gasteiger partial charge in [-0.15, -0.1) is 0 Å². The van der Waals surface area contributed by atoms with E-state index < -0.39 is 0 Å². The van der Waals surface area contributed by atoms with Gasteiger partial charge >= 0.3 is 7.12 Å². The van der Waals surface area contributed by atoms with Gasteiger partial charge in [-0.05, 0) is 52.7 Å². The van der Waals surface area contributed by atoms with Crippen LogP contribution in [0.3, 0.4) is 0 Å². The predicted octanol–water partition coefficient (Wildman–Crippen LogP) is 2.27. The van der Waals surface area contributed by atoms with E-state index in [4.69, 9.17) is 19.0 Å². The van der Waals surface area contributed by atoms with Crippen molar-refractivity contribution in [2.24, 2.45) is 0 Å². The number of hydrogen-bond donors (Lipinski definition) is 0. The fourth-order valence-electron chi connectivity index (χ4n) is 2.77. The van der Waals surface area contributed by atoms with Crippen LogP contribution in [-0.2, 0) is 14.0 Å². The fraction of sp³-hybridized carbons (Fsp3) is 0.688. The first-order valence-electron chi connectivity index (χ1n) is 7.79. The summed E-state index contributed by atoms with van der Waals surface area (Å²) in [4.78, 5) is 4.78. The molecule has 0 spiro atoms. The molecule has 1 atom stereocenters. The topological polar surface area (TPSA) is 40.6 Å². The van der Waals surface area contributed by atoms with Crippen molar-refractivity contribution >= 4 is 12.7 Å². The Balaban J connectivity index is 1.81. The summed E-state index contributed by atoms with van der Waals surface area (Å²) in [5.41, 5.74) is 1.28. The number of ether oxygens (including phenoxy) is 1. The summed E-state index contributed by atoms with van der Waals surface area (Å²) < 4.78 is 17.7. The summed E-state index contributed by atoms with van der Waals surface area (Å²) in [6, 6.07) is 6.10. The minimum absolute atomic E-state index is 0.330. The van der Waals surface area contributed by atoms with E-state index in [1.807, 2.05) is 12.1 Å². The van der Waals surface area contributed by atoms with Gasteiger partial charge in [0.05, 0.1) is 23.4 Å². The molecule has 3 heterocycles. The molecule has 2 aliphatic rings. The monoisotopic (exact) mass is 289 g/mol. The van der Waals surface area contributed by atoms with Crippen LogP contribution in [0.25, 0.3) is 0 Å². The Morgan fingerprint density at radius 3 is 2.48 bits per heavy atom. The van der Waals surface area contributed by atoms with E-state index in [1.54, 1.807) is 0 Å². The molecule has 0 N–H and O–H groups in total. The van der Waals surface area contributed by atoms with Crippen molar-refractivity contribution in [3.05, 3.63) is 23.9 Å². The zero-order valence-corrected chi connectivity index (χ0v) is 13.4. The third kappa shape index (κ3) is 2.87. The summed E-state index contributed by atoms with van der Waals surface area (Å²) in [5, 5.41) is 0. The Kier molecular flexibility index (Phi) is 3.84. The highest BCUT2D eigenvalue weighted by Crippen LogP contribution is 2.36. The molecule has 2 saturated heterocycles. The van der Waals surface area contributed by atoms with Gasteiger partial charge in [0.2, 0.25) is 0 Å². The highest BCUT2D eigenvalue weighted by atomic mass is 16.7. The largest absolute Gasteiger partial charge is 0.514 e. The van der Waals surface area contributed by atoms with E-state index in [9.17, 15) is 0 Å². The molecule has 0 amide bonds. The van der Waals surface area contributed by atoms with Gasteiger partial charge in [-0.1, -0.05) is 6.07 Å². The molecule has 0 aromatic carbocycles. The molecule has 1 aromatic heterocycles. The third-order valence-electron chi connectivity index (χ3n) is 4.87. The van der Waals surface area contributed by atoms with Crippen LogP contribution in [0.5, 0.6) is 0 Å². The van der Waals surface area contributed by atoms with Crippen LogP contribution in [0.15, 0.2) is 18.2 Å². The Hall–Kier alpha value is -0.905. The Morgan fingerprint density at radius 1 is 1.14 bits per heavy atom. The lowest BCUT2D eigenvalue weighted by Gasteiger charge is -2.32. The van der Waals surface area contributed by atoms with Gasteiger partial charge < -0.3 is 14.0 Å². The van der Waals surface area contributed by atoms with E-state index in [0.717, 1.165) is 37.3 Å². The van der Waals surface area contributed by atoms with Gasteiger partial charge in [0, 0.05) is 18.2 Å². The van der Waals surface area contributed by atoms with Gasteiger partial charge in [0.15, 0.2) is 0 Å². The Morgan fingerprint density at radius 2 is 1.86 bits per heavy atom. The zero-order valence-electron chi connectivity index (χ0n) is 13.4. The minimum atomic E-state index is -0.389. The second-order valence-corrected chi connectivity index (χ2v) is 6.99. The smallest absolute Gasteiger partial charge is 0.398 e. The third-order valence-corrected chi connectivity index (χ3v) is 4.87. The van der Waals surface area contributed by atoms with Gasteiger partial charge in [-0.2, -0.15) is 0 Å². The number of nitrogens with zero attached hydrogens (tertiary/aromatic N) is 1. The minimum Gasteiger partial charge on any atom is -0.398 e. The van der Waals surface area contributed by atoms with E-state index >= 15 is 0 Å². The van der Waals surface area contributed by atoms with Gasteiger partial charge in [-0.3, -0.25) is 4.98 Å². The first-order chi connectivity index (χ1) is 9.89. The Labute approximate surface area is 127 Å². The summed E-state index contributed by atoms with van der Waals surface area (Å²) in [6.45, 7) is 9.88. The second kappa shape index (κ2) is 5.38. The SMILES string of the molecule is CC1(C)OB(c2cccc(C3CCCOC3)n2)OC1(C)C. The maximum Gasteiger partial charge on any atom is 0.514 e. The normalized spacial score (nSPS) is 27.8. The molecule has 0 aliphatic carbocycles. The maximum atomic E-state index is 6.08. The molecule has 3 rings (SSSR count). The molecule has 1 unspecified atom stereocenters. The highest BCUT2D eigenvalue weighted by molar-refractivity contribution is 6.61.